The normalized spacial score (nSPS) is 16.6. The molecule has 1 amide bonds. The number of benzene rings is 2. The van der Waals surface area contributed by atoms with Gasteiger partial charge in [0.1, 0.15) is 40.3 Å². The summed E-state index contributed by atoms with van der Waals surface area (Å²) in [6.07, 6.45) is 1.98. The number of hydrogen-bond acceptors (Lipinski definition) is 7. The zero-order valence-electron chi connectivity index (χ0n) is 19.0. The van der Waals surface area contributed by atoms with Gasteiger partial charge in [-0.2, -0.15) is 0 Å². The fraction of sp³-hybridized carbons (Fsp3) is 0.308. The predicted molar refractivity (Wildman–Crippen MR) is 124 cm³/mol. The number of rotatable bonds is 4. The van der Waals surface area contributed by atoms with Crippen molar-refractivity contribution < 1.29 is 28.6 Å². The third kappa shape index (κ3) is 3.65. The molecule has 174 valence electrons. The summed E-state index contributed by atoms with van der Waals surface area (Å²) < 4.78 is 17.2. The molecule has 1 saturated heterocycles. The molecule has 2 aliphatic rings. The molecule has 0 radical (unpaired) electrons. The number of likely N-dealkylation sites (tertiary alicyclic amines) is 1. The quantitative estimate of drug-likeness (QED) is 0.548. The number of carbonyl (C=O) groups excluding carboxylic acids is 3. The van der Waals surface area contributed by atoms with Crippen molar-refractivity contribution in [3.05, 3.63) is 59.3 Å². The zero-order chi connectivity index (χ0) is 23.9. The van der Waals surface area contributed by atoms with E-state index in [2.05, 4.69) is 4.98 Å². The Hall–Kier alpha value is -3.94. The Morgan fingerprint density at radius 1 is 1.09 bits per heavy atom. The number of piperidine rings is 1. The van der Waals surface area contributed by atoms with Gasteiger partial charge in [0.25, 0.3) is 5.91 Å². The standard InChI is InChI=1S/C26H24N2O6/c1-32-22-5-3-4-17-23(33-2)13-19(27-24(17)22)25(31)28-10-8-26(9-11-28)14-20(30)18-12-16(15-29)6-7-21(18)34-26/h3-7,12-13,15H,8-11,14H2,1-2H3. The molecular weight excluding hydrogens is 436 g/mol. The van der Waals surface area contributed by atoms with Crippen LogP contribution in [0.15, 0.2) is 42.5 Å². The molecule has 2 aromatic carbocycles. The molecule has 0 bridgehead atoms. The lowest BCUT2D eigenvalue weighted by molar-refractivity contribution is -0.00585. The van der Waals surface area contributed by atoms with Gasteiger partial charge in [-0.1, -0.05) is 6.07 Å². The molecule has 3 aromatic rings. The Balaban J connectivity index is 1.37. The molecule has 0 atom stereocenters. The van der Waals surface area contributed by atoms with Crippen molar-refractivity contribution in [3.8, 4) is 17.2 Å². The summed E-state index contributed by atoms with van der Waals surface area (Å²) in [7, 11) is 3.12. The Kier molecular flexibility index (Phi) is 5.43. The number of ketones is 1. The highest BCUT2D eigenvalue weighted by Crippen LogP contribution is 2.40. The fourth-order valence-corrected chi connectivity index (χ4v) is 4.78. The topological polar surface area (TPSA) is 95.0 Å². The number of fused-ring (bicyclic) bond motifs is 2. The monoisotopic (exact) mass is 460 g/mol. The first-order valence-electron chi connectivity index (χ1n) is 11.1. The van der Waals surface area contributed by atoms with Crippen molar-refractivity contribution in [2.45, 2.75) is 24.9 Å². The van der Waals surface area contributed by atoms with Crippen LogP contribution >= 0.6 is 0 Å². The summed E-state index contributed by atoms with van der Waals surface area (Å²) in [5.41, 5.74) is 1.07. The van der Waals surface area contributed by atoms with Gasteiger partial charge in [-0.05, 0) is 30.3 Å². The Morgan fingerprint density at radius 2 is 1.85 bits per heavy atom. The van der Waals surface area contributed by atoms with E-state index in [1.807, 2.05) is 12.1 Å². The van der Waals surface area contributed by atoms with Gasteiger partial charge in [0.2, 0.25) is 0 Å². The molecule has 5 rings (SSSR count). The molecule has 2 aliphatic heterocycles. The third-order valence-electron chi connectivity index (χ3n) is 6.63. The molecule has 34 heavy (non-hydrogen) atoms. The summed E-state index contributed by atoms with van der Waals surface area (Å²) in [6, 6.07) is 12.0. The first-order chi connectivity index (χ1) is 16.5. The van der Waals surface area contributed by atoms with Gasteiger partial charge in [0, 0.05) is 42.9 Å². The number of hydrogen-bond donors (Lipinski definition) is 0. The maximum atomic E-state index is 13.3. The summed E-state index contributed by atoms with van der Waals surface area (Å²) in [5, 5.41) is 0.765. The summed E-state index contributed by atoms with van der Waals surface area (Å²) in [5.74, 6) is 1.35. The van der Waals surface area contributed by atoms with Crippen LogP contribution in [0, 0.1) is 0 Å². The second-order valence-corrected chi connectivity index (χ2v) is 8.62. The van der Waals surface area contributed by atoms with Crippen LogP contribution in [0.4, 0.5) is 0 Å². The molecule has 0 N–H and O–H groups in total. The lowest BCUT2D eigenvalue weighted by Gasteiger charge is -2.43. The molecular formula is C26H24N2O6. The lowest BCUT2D eigenvalue weighted by atomic mass is 9.82. The van der Waals surface area contributed by atoms with Crippen LogP contribution in [-0.4, -0.2) is 60.8 Å². The number of Topliss-reactive ketones (excluding diaryl/α,β-unsaturated/α-hetero) is 1. The van der Waals surface area contributed by atoms with Gasteiger partial charge >= 0.3 is 0 Å². The van der Waals surface area contributed by atoms with Gasteiger partial charge in [-0.25, -0.2) is 4.98 Å². The highest BCUT2D eigenvalue weighted by atomic mass is 16.5. The van der Waals surface area contributed by atoms with Crippen LogP contribution in [0.2, 0.25) is 0 Å². The fourth-order valence-electron chi connectivity index (χ4n) is 4.78. The molecule has 1 fully saturated rings. The molecule has 8 nitrogen and oxygen atoms in total. The average molecular weight is 460 g/mol. The van der Waals surface area contributed by atoms with Gasteiger partial charge in [-0.3, -0.25) is 14.4 Å². The second kappa shape index (κ2) is 8.44. The number of amides is 1. The number of pyridine rings is 1. The summed E-state index contributed by atoms with van der Waals surface area (Å²) in [6.45, 7) is 0.865. The highest BCUT2D eigenvalue weighted by Gasteiger charge is 2.44. The lowest BCUT2D eigenvalue weighted by Crippen LogP contribution is -2.52. The number of ether oxygens (including phenoxy) is 3. The van der Waals surface area contributed by atoms with Crippen LogP contribution in [0.3, 0.4) is 0 Å². The minimum absolute atomic E-state index is 0.0437. The number of para-hydroxylation sites is 1. The summed E-state index contributed by atoms with van der Waals surface area (Å²) in [4.78, 5) is 43.5. The number of carbonyl (C=O) groups is 3. The van der Waals surface area contributed by atoms with Crippen molar-refractivity contribution in [3.63, 3.8) is 0 Å². The van der Waals surface area contributed by atoms with E-state index >= 15 is 0 Å². The van der Waals surface area contributed by atoms with E-state index in [-0.39, 0.29) is 23.8 Å². The molecule has 0 saturated carbocycles. The third-order valence-corrected chi connectivity index (χ3v) is 6.63. The van der Waals surface area contributed by atoms with Gasteiger partial charge < -0.3 is 19.1 Å². The van der Waals surface area contributed by atoms with Crippen LogP contribution in [-0.2, 0) is 0 Å². The number of nitrogens with zero attached hydrogens (tertiary/aromatic N) is 2. The van der Waals surface area contributed by atoms with Crippen molar-refractivity contribution in [1.29, 1.82) is 0 Å². The van der Waals surface area contributed by atoms with E-state index in [0.717, 1.165) is 5.39 Å². The minimum atomic E-state index is -0.652. The smallest absolute Gasteiger partial charge is 0.272 e. The second-order valence-electron chi connectivity index (χ2n) is 8.62. The molecule has 1 spiro atoms. The number of aromatic nitrogens is 1. The number of aldehydes is 1. The van der Waals surface area contributed by atoms with Crippen molar-refractivity contribution in [2.24, 2.45) is 0 Å². The Morgan fingerprint density at radius 3 is 2.56 bits per heavy atom. The molecule has 3 heterocycles. The van der Waals surface area contributed by atoms with E-state index in [0.29, 0.717) is 66.1 Å². The largest absolute Gasteiger partial charge is 0.496 e. The number of methoxy groups -OCH3 is 2. The van der Waals surface area contributed by atoms with Crippen molar-refractivity contribution in [2.75, 3.05) is 27.3 Å². The van der Waals surface area contributed by atoms with Crippen molar-refractivity contribution >= 4 is 28.9 Å². The van der Waals surface area contributed by atoms with Crippen LogP contribution < -0.4 is 14.2 Å². The van der Waals surface area contributed by atoms with Crippen LogP contribution in [0.1, 0.15) is 50.5 Å². The first-order valence-corrected chi connectivity index (χ1v) is 11.1. The molecule has 0 aliphatic carbocycles. The Labute approximate surface area is 196 Å². The van der Waals surface area contributed by atoms with E-state index in [1.165, 1.54) is 0 Å². The predicted octanol–water partition coefficient (Wildman–Crippen LogP) is 3.70. The average Bonchev–Trinajstić information content (AvgIpc) is 2.87. The summed E-state index contributed by atoms with van der Waals surface area (Å²) >= 11 is 0. The van der Waals surface area contributed by atoms with Gasteiger partial charge in [-0.15, -0.1) is 0 Å². The van der Waals surface area contributed by atoms with E-state index in [4.69, 9.17) is 14.2 Å². The van der Waals surface area contributed by atoms with Crippen molar-refractivity contribution in [1.82, 2.24) is 9.88 Å². The van der Waals surface area contributed by atoms with Gasteiger partial charge in [0.15, 0.2) is 5.78 Å². The van der Waals surface area contributed by atoms with Crippen LogP contribution in [0.5, 0.6) is 17.2 Å². The Bertz CT molecular complexity index is 1310. The molecule has 0 unspecified atom stereocenters. The maximum absolute atomic E-state index is 13.3. The van der Waals surface area contributed by atoms with E-state index in [1.54, 1.807) is 49.5 Å². The van der Waals surface area contributed by atoms with Crippen LogP contribution in [0.25, 0.3) is 10.9 Å². The molecule has 1 aromatic heterocycles. The maximum Gasteiger partial charge on any atom is 0.272 e. The SMILES string of the molecule is COc1cc(C(=O)N2CCC3(CC2)CC(=O)c2cc(C=O)ccc2O3)nc2c(OC)cccc12. The van der Waals surface area contributed by atoms with E-state index in [9.17, 15) is 14.4 Å². The van der Waals surface area contributed by atoms with E-state index < -0.39 is 5.60 Å². The minimum Gasteiger partial charge on any atom is -0.496 e. The molecule has 8 heteroatoms. The first kappa shape index (κ1) is 21.9. The highest BCUT2D eigenvalue weighted by molar-refractivity contribution is 6.02. The van der Waals surface area contributed by atoms with Gasteiger partial charge in [0.05, 0.1) is 26.2 Å². The zero-order valence-corrected chi connectivity index (χ0v) is 19.0.